The third kappa shape index (κ3) is 3.21. The second-order valence-electron chi connectivity index (χ2n) is 7.68. The fourth-order valence-electron chi connectivity index (χ4n) is 4.40. The molecule has 9 heteroatoms. The number of alkyl halides is 1. The highest BCUT2D eigenvalue weighted by atomic mass is 19.1. The Kier molecular flexibility index (Phi) is 4.39. The van der Waals surface area contributed by atoms with Crippen LogP contribution in [0.25, 0.3) is 16.9 Å². The molecule has 1 aliphatic carbocycles. The molecule has 6 rings (SSSR count). The summed E-state index contributed by atoms with van der Waals surface area (Å²) < 4.78 is 22.2. The van der Waals surface area contributed by atoms with Crippen LogP contribution in [0.1, 0.15) is 12.8 Å². The third-order valence-corrected chi connectivity index (χ3v) is 5.91. The molecule has 0 spiro atoms. The van der Waals surface area contributed by atoms with Gasteiger partial charge in [-0.3, -0.25) is 4.90 Å². The minimum atomic E-state index is -1.03. The Balaban J connectivity index is 1.33. The van der Waals surface area contributed by atoms with Crippen LogP contribution >= 0.6 is 0 Å². The maximum absolute atomic E-state index is 14.8. The van der Waals surface area contributed by atoms with Crippen molar-refractivity contribution in [1.82, 2.24) is 30.1 Å². The summed E-state index contributed by atoms with van der Waals surface area (Å²) in [6.07, 6.45) is 3.58. The lowest BCUT2D eigenvalue weighted by Crippen LogP contribution is -2.61. The topological polar surface area (TPSA) is 89.2 Å². The fraction of sp³-hybridized carbons (Fsp3) is 0.400. The van der Waals surface area contributed by atoms with Gasteiger partial charge >= 0.3 is 0 Å². The zero-order chi connectivity index (χ0) is 20.0. The van der Waals surface area contributed by atoms with Crippen LogP contribution in [0, 0.1) is 5.92 Å². The monoisotopic (exact) mass is 396 g/mol. The van der Waals surface area contributed by atoms with Gasteiger partial charge < -0.3 is 9.84 Å². The molecule has 8 nitrogen and oxygen atoms in total. The molecule has 3 fully saturated rings. The average Bonchev–Trinajstić information content (AvgIpc) is 3.26. The normalized spacial score (nSPS) is 26.6. The predicted octanol–water partition coefficient (Wildman–Crippen LogP) is 2.24. The standard InChI is InChI=1S/C20H21FN6O2/c1-26-11-12-2-6-16(26)19(21)20(12)29-18-7-5-15(23-24-18)14-4-3-13(10-17(14)28)27-9-8-22-25-27/h3-5,7-10,12,16,19-20,28H,2,6,11H2,1H3/t12?,16?,19-,20-/m1/s1. The number of benzene rings is 1. The molecular weight excluding hydrogens is 375 g/mol. The number of rotatable bonds is 4. The zero-order valence-electron chi connectivity index (χ0n) is 15.9. The molecule has 4 heterocycles. The predicted molar refractivity (Wildman–Crippen MR) is 103 cm³/mol. The lowest BCUT2D eigenvalue weighted by atomic mass is 9.76. The van der Waals surface area contributed by atoms with E-state index in [1.54, 1.807) is 47.4 Å². The van der Waals surface area contributed by atoms with Crippen LogP contribution in [0.15, 0.2) is 42.7 Å². The second-order valence-corrected chi connectivity index (χ2v) is 7.68. The van der Waals surface area contributed by atoms with Gasteiger partial charge in [0.05, 0.1) is 23.8 Å². The SMILES string of the molecule is CN1CC2CCC1[C@@H](F)[C@@H]2Oc1ccc(-c2ccc(-n3ccnn3)cc2O)nn1. The smallest absolute Gasteiger partial charge is 0.233 e. The molecule has 2 aromatic heterocycles. The zero-order valence-corrected chi connectivity index (χ0v) is 15.9. The quantitative estimate of drug-likeness (QED) is 0.723. The minimum Gasteiger partial charge on any atom is -0.507 e. The van der Waals surface area contributed by atoms with Crippen LogP contribution in [0.3, 0.4) is 0 Å². The van der Waals surface area contributed by atoms with E-state index in [9.17, 15) is 9.50 Å². The number of aromatic hydroxyl groups is 1. The van der Waals surface area contributed by atoms with Gasteiger partial charge in [0.2, 0.25) is 5.88 Å². The van der Waals surface area contributed by atoms with Crippen LogP contribution in [0.2, 0.25) is 0 Å². The summed E-state index contributed by atoms with van der Waals surface area (Å²) in [5, 5.41) is 26.3. The second kappa shape index (κ2) is 7.07. The molecule has 150 valence electrons. The van der Waals surface area contributed by atoms with Gasteiger partial charge in [-0.2, -0.15) is 0 Å². The number of piperidine rings is 2. The summed E-state index contributed by atoms with van der Waals surface area (Å²) in [6.45, 7) is 0.841. The summed E-state index contributed by atoms with van der Waals surface area (Å²) in [5.74, 6) is 0.516. The lowest BCUT2D eigenvalue weighted by molar-refractivity contribution is -0.0891. The van der Waals surface area contributed by atoms with E-state index in [0.29, 0.717) is 22.8 Å². The number of phenols is 1. The van der Waals surface area contributed by atoms with E-state index in [0.717, 1.165) is 19.4 Å². The van der Waals surface area contributed by atoms with Crippen LogP contribution in [0.4, 0.5) is 4.39 Å². The molecule has 1 aromatic carbocycles. The van der Waals surface area contributed by atoms with Crippen molar-refractivity contribution in [3.8, 4) is 28.6 Å². The van der Waals surface area contributed by atoms with Crippen molar-refractivity contribution in [2.45, 2.75) is 31.2 Å². The molecule has 3 aromatic rings. The molecule has 2 bridgehead atoms. The Labute approximate surface area is 166 Å². The van der Waals surface area contributed by atoms with Gasteiger partial charge in [-0.05, 0) is 38.1 Å². The molecule has 0 radical (unpaired) electrons. The van der Waals surface area contributed by atoms with Gasteiger partial charge in [-0.15, -0.1) is 15.3 Å². The van der Waals surface area contributed by atoms with Gasteiger partial charge in [0.1, 0.15) is 11.9 Å². The molecule has 0 amide bonds. The van der Waals surface area contributed by atoms with E-state index in [2.05, 4.69) is 25.4 Å². The van der Waals surface area contributed by atoms with Crippen molar-refractivity contribution in [3.63, 3.8) is 0 Å². The molecule has 1 N–H and O–H groups in total. The van der Waals surface area contributed by atoms with Crippen LogP contribution in [-0.2, 0) is 0 Å². The van der Waals surface area contributed by atoms with Crippen molar-refractivity contribution < 1.29 is 14.2 Å². The Morgan fingerprint density at radius 1 is 1.17 bits per heavy atom. The molecule has 4 atom stereocenters. The number of aromatic nitrogens is 5. The Morgan fingerprint density at radius 3 is 2.72 bits per heavy atom. The Bertz CT molecular complexity index is 995. The first-order chi connectivity index (χ1) is 14.1. The van der Waals surface area contributed by atoms with E-state index < -0.39 is 12.3 Å². The number of hydrogen-bond donors (Lipinski definition) is 1. The number of nitrogens with zero attached hydrogens (tertiary/aromatic N) is 6. The van der Waals surface area contributed by atoms with Gasteiger partial charge in [0.25, 0.3) is 0 Å². The molecule has 29 heavy (non-hydrogen) atoms. The van der Waals surface area contributed by atoms with Crippen molar-refractivity contribution in [2.75, 3.05) is 13.6 Å². The van der Waals surface area contributed by atoms with Crippen molar-refractivity contribution in [1.29, 1.82) is 0 Å². The summed E-state index contributed by atoms with van der Waals surface area (Å²) in [4.78, 5) is 2.08. The highest BCUT2D eigenvalue weighted by molar-refractivity contribution is 5.68. The highest BCUT2D eigenvalue weighted by Gasteiger charge is 2.48. The molecule has 2 unspecified atom stereocenters. The first-order valence-corrected chi connectivity index (χ1v) is 9.65. The number of phenolic OH excluding ortho intramolecular Hbond substituents is 1. The summed E-state index contributed by atoms with van der Waals surface area (Å²) in [6, 6.07) is 8.43. The number of halogens is 1. The van der Waals surface area contributed by atoms with Crippen molar-refractivity contribution in [2.24, 2.45) is 5.92 Å². The van der Waals surface area contributed by atoms with E-state index in [4.69, 9.17) is 4.74 Å². The van der Waals surface area contributed by atoms with Crippen LogP contribution < -0.4 is 4.74 Å². The van der Waals surface area contributed by atoms with E-state index in [1.807, 2.05) is 7.05 Å². The van der Waals surface area contributed by atoms with Gasteiger partial charge in [0.15, 0.2) is 6.17 Å². The summed E-state index contributed by atoms with van der Waals surface area (Å²) >= 11 is 0. The largest absolute Gasteiger partial charge is 0.507 e. The average molecular weight is 396 g/mol. The molecule has 3 aliphatic rings. The number of ether oxygens (including phenoxy) is 1. The molecule has 2 saturated heterocycles. The maximum Gasteiger partial charge on any atom is 0.233 e. The third-order valence-electron chi connectivity index (χ3n) is 5.91. The van der Waals surface area contributed by atoms with E-state index >= 15 is 0 Å². The number of fused-ring (bicyclic) bond motifs is 3. The van der Waals surface area contributed by atoms with Gasteiger partial charge in [-0.1, -0.05) is 5.21 Å². The first-order valence-electron chi connectivity index (χ1n) is 9.65. The van der Waals surface area contributed by atoms with Crippen LogP contribution in [0.5, 0.6) is 11.6 Å². The van der Waals surface area contributed by atoms with Gasteiger partial charge in [-0.25, -0.2) is 9.07 Å². The Hall–Kier alpha value is -3.07. The van der Waals surface area contributed by atoms with Crippen LogP contribution in [-0.4, -0.2) is 67.1 Å². The molecule has 2 aliphatic heterocycles. The first kappa shape index (κ1) is 18.0. The lowest BCUT2D eigenvalue weighted by Gasteiger charge is -2.49. The Morgan fingerprint density at radius 2 is 2.07 bits per heavy atom. The maximum atomic E-state index is 14.8. The number of hydrogen-bond acceptors (Lipinski definition) is 7. The molecular formula is C20H21FN6O2. The van der Waals surface area contributed by atoms with Crippen molar-refractivity contribution >= 4 is 0 Å². The summed E-state index contributed by atoms with van der Waals surface area (Å²) in [5.41, 5.74) is 1.72. The minimum absolute atomic E-state index is 0.0532. The highest BCUT2D eigenvalue weighted by Crippen LogP contribution is 2.38. The summed E-state index contributed by atoms with van der Waals surface area (Å²) in [7, 11) is 1.97. The van der Waals surface area contributed by atoms with E-state index in [-0.39, 0.29) is 17.7 Å². The van der Waals surface area contributed by atoms with E-state index in [1.165, 1.54) is 0 Å². The fourth-order valence-corrected chi connectivity index (χ4v) is 4.40. The molecule has 1 saturated carbocycles. The van der Waals surface area contributed by atoms with Crippen molar-refractivity contribution in [3.05, 3.63) is 42.7 Å². The van der Waals surface area contributed by atoms with Gasteiger partial charge in [0, 0.05) is 36.2 Å².